The van der Waals surface area contributed by atoms with Gasteiger partial charge in [-0.25, -0.2) is 16.8 Å². The molecule has 0 bridgehead atoms. The van der Waals surface area contributed by atoms with Gasteiger partial charge in [-0.1, -0.05) is 38.1 Å². The Bertz CT molecular complexity index is 1190. The Morgan fingerprint density at radius 3 is 2.34 bits per heavy atom. The molecule has 1 fully saturated rings. The van der Waals surface area contributed by atoms with Crippen LogP contribution < -0.4 is 10.6 Å². The molecule has 2 N–H and O–H groups in total. The van der Waals surface area contributed by atoms with E-state index in [0.29, 0.717) is 5.76 Å². The Morgan fingerprint density at radius 1 is 1.19 bits per heavy atom. The van der Waals surface area contributed by atoms with E-state index in [0.717, 1.165) is 5.56 Å². The van der Waals surface area contributed by atoms with Crippen LogP contribution in [0.5, 0.6) is 0 Å². The fourth-order valence-corrected chi connectivity index (χ4v) is 8.33. The van der Waals surface area contributed by atoms with Gasteiger partial charge in [0.05, 0.1) is 27.7 Å². The van der Waals surface area contributed by atoms with Gasteiger partial charge in [-0.2, -0.15) is 0 Å². The molecule has 1 aromatic carbocycles. The predicted octanol–water partition coefficient (Wildman–Crippen LogP) is 1.84. The number of aryl methyl sites for hydroxylation is 1. The minimum atomic E-state index is -3.95. The van der Waals surface area contributed by atoms with Crippen molar-refractivity contribution in [3.05, 3.63) is 41.7 Å². The molecule has 3 atom stereocenters. The van der Waals surface area contributed by atoms with E-state index in [-0.39, 0.29) is 21.9 Å². The molecule has 0 radical (unpaired) electrons. The van der Waals surface area contributed by atoms with E-state index >= 15 is 0 Å². The van der Waals surface area contributed by atoms with E-state index in [1.807, 2.05) is 20.8 Å². The molecule has 3 rings (SSSR count). The third-order valence-electron chi connectivity index (χ3n) is 5.48. The Hall–Kier alpha value is -2.24. The number of anilines is 1. The number of carbonyl (C=O) groups is 1. The average molecular weight is 484 g/mol. The molecule has 9 nitrogen and oxygen atoms in total. The summed E-state index contributed by atoms with van der Waals surface area (Å²) in [5, 5.41) is 7.94. The quantitative estimate of drug-likeness (QED) is 0.635. The molecule has 32 heavy (non-hydrogen) atoms. The van der Waals surface area contributed by atoms with Gasteiger partial charge in [0.2, 0.25) is 5.91 Å². The zero-order valence-corrected chi connectivity index (χ0v) is 20.4. The molecule has 1 saturated heterocycles. The molecule has 0 saturated carbocycles. The number of nitrogens with one attached hydrogen (secondary N) is 2. The highest BCUT2D eigenvalue weighted by atomic mass is 32.2. The number of carbonyl (C=O) groups excluding carboxylic acids is 1. The molecule has 1 aromatic heterocycles. The number of hydrogen-bond donors (Lipinski definition) is 2. The fourth-order valence-electron chi connectivity index (χ4n) is 3.65. The van der Waals surface area contributed by atoms with E-state index in [1.54, 1.807) is 25.1 Å². The van der Waals surface area contributed by atoms with Gasteiger partial charge >= 0.3 is 0 Å². The lowest BCUT2D eigenvalue weighted by atomic mass is 9.87. The first-order valence-electron chi connectivity index (χ1n) is 10.2. The molecular formula is C21H29N3O6S2. The van der Waals surface area contributed by atoms with Crippen LogP contribution in [0.3, 0.4) is 0 Å². The first-order valence-corrected chi connectivity index (χ1v) is 13.6. The fraction of sp³-hybridized carbons (Fsp3) is 0.524. The maximum absolute atomic E-state index is 13.3. The van der Waals surface area contributed by atoms with Crippen molar-refractivity contribution in [2.75, 3.05) is 16.8 Å². The average Bonchev–Trinajstić information content (AvgIpc) is 3.23. The topological polar surface area (TPSA) is 135 Å². The van der Waals surface area contributed by atoms with Crippen LogP contribution in [0.25, 0.3) is 0 Å². The van der Waals surface area contributed by atoms with Gasteiger partial charge in [0.15, 0.2) is 25.5 Å². The first kappa shape index (κ1) is 24.4. The highest BCUT2D eigenvalue weighted by molar-refractivity contribution is 7.96. The van der Waals surface area contributed by atoms with Gasteiger partial charge < -0.3 is 15.2 Å². The SMILES string of the molecule is Cc1cc(NC(=O)[C@H](C)N[C@H]2CS(=O)(=O)C[C@@H]2S(=O)(=O)c2ccc(C(C)(C)C)cc2)no1. The summed E-state index contributed by atoms with van der Waals surface area (Å²) < 4.78 is 56.2. The Balaban J connectivity index is 1.80. The lowest BCUT2D eigenvalue weighted by Crippen LogP contribution is -2.50. The van der Waals surface area contributed by atoms with Crippen LogP contribution in [0.1, 0.15) is 39.0 Å². The summed E-state index contributed by atoms with van der Waals surface area (Å²) >= 11 is 0. The lowest BCUT2D eigenvalue weighted by Gasteiger charge is -2.24. The zero-order valence-electron chi connectivity index (χ0n) is 18.7. The number of benzene rings is 1. The third-order valence-corrected chi connectivity index (χ3v) is 9.65. The largest absolute Gasteiger partial charge is 0.360 e. The summed E-state index contributed by atoms with van der Waals surface area (Å²) in [5.74, 6) is -0.592. The Labute approximate surface area is 188 Å². The second-order valence-electron chi connectivity index (χ2n) is 9.24. The smallest absolute Gasteiger partial charge is 0.242 e. The van der Waals surface area contributed by atoms with Gasteiger partial charge in [-0.05, 0) is 37.0 Å². The summed E-state index contributed by atoms with van der Waals surface area (Å²) in [5.41, 5.74) is 0.826. The molecule has 2 heterocycles. The molecule has 0 aliphatic carbocycles. The predicted molar refractivity (Wildman–Crippen MR) is 121 cm³/mol. The summed E-state index contributed by atoms with van der Waals surface area (Å²) in [6.45, 7) is 9.28. The lowest BCUT2D eigenvalue weighted by molar-refractivity contribution is -0.118. The van der Waals surface area contributed by atoms with E-state index in [4.69, 9.17) is 4.52 Å². The van der Waals surface area contributed by atoms with E-state index in [2.05, 4.69) is 15.8 Å². The van der Waals surface area contributed by atoms with Crippen molar-refractivity contribution in [3.63, 3.8) is 0 Å². The van der Waals surface area contributed by atoms with Crippen LogP contribution in [0, 0.1) is 6.92 Å². The van der Waals surface area contributed by atoms with Crippen LogP contribution in [0.15, 0.2) is 39.8 Å². The van der Waals surface area contributed by atoms with Gasteiger partial charge in [-0.15, -0.1) is 0 Å². The zero-order chi connectivity index (χ0) is 23.9. The van der Waals surface area contributed by atoms with Crippen LogP contribution in [-0.4, -0.2) is 56.7 Å². The summed E-state index contributed by atoms with van der Waals surface area (Å²) in [7, 11) is -7.54. The van der Waals surface area contributed by atoms with Gasteiger partial charge in [-0.3, -0.25) is 4.79 Å². The van der Waals surface area contributed by atoms with Crippen molar-refractivity contribution >= 4 is 31.4 Å². The highest BCUT2D eigenvalue weighted by Gasteiger charge is 2.46. The van der Waals surface area contributed by atoms with Gasteiger partial charge in [0, 0.05) is 12.1 Å². The van der Waals surface area contributed by atoms with Gasteiger partial charge in [0.25, 0.3) is 0 Å². The third kappa shape index (κ3) is 5.38. The molecular weight excluding hydrogens is 454 g/mol. The molecule has 0 unspecified atom stereocenters. The van der Waals surface area contributed by atoms with E-state index < -0.39 is 48.7 Å². The van der Waals surface area contributed by atoms with Crippen LogP contribution >= 0.6 is 0 Å². The molecule has 176 valence electrons. The monoisotopic (exact) mass is 483 g/mol. The highest BCUT2D eigenvalue weighted by Crippen LogP contribution is 2.29. The van der Waals surface area contributed by atoms with Crippen molar-refractivity contribution in [1.82, 2.24) is 10.5 Å². The van der Waals surface area contributed by atoms with Crippen molar-refractivity contribution < 1.29 is 26.2 Å². The second kappa shape index (κ2) is 8.60. The number of amides is 1. The Kier molecular flexibility index (Phi) is 6.56. The molecule has 1 amide bonds. The number of sulfone groups is 2. The van der Waals surface area contributed by atoms with Crippen LogP contribution in [-0.2, 0) is 29.9 Å². The Morgan fingerprint density at radius 2 is 1.81 bits per heavy atom. The standard InChI is InChI=1S/C21H29N3O6S2/c1-13-10-19(24-30-13)23-20(25)14(2)22-17-11-31(26,27)12-18(17)32(28,29)16-8-6-15(7-9-16)21(3,4)5/h6-10,14,17-18,22H,11-12H2,1-5H3,(H,23,24,25)/t14-,17-,18-/m0/s1. The number of nitrogens with zero attached hydrogens (tertiary/aromatic N) is 1. The van der Waals surface area contributed by atoms with Gasteiger partial charge in [0.1, 0.15) is 5.76 Å². The molecule has 1 aliphatic heterocycles. The van der Waals surface area contributed by atoms with Crippen LogP contribution in [0.2, 0.25) is 0 Å². The first-order chi connectivity index (χ1) is 14.7. The van der Waals surface area contributed by atoms with Crippen molar-refractivity contribution in [2.45, 2.75) is 62.3 Å². The van der Waals surface area contributed by atoms with E-state index in [1.165, 1.54) is 19.1 Å². The molecule has 11 heteroatoms. The summed E-state index contributed by atoms with van der Waals surface area (Å²) in [6, 6.07) is 6.28. The van der Waals surface area contributed by atoms with Crippen molar-refractivity contribution in [1.29, 1.82) is 0 Å². The van der Waals surface area contributed by atoms with Crippen molar-refractivity contribution in [3.8, 4) is 0 Å². The number of hydrogen-bond acceptors (Lipinski definition) is 8. The minimum absolute atomic E-state index is 0.0644. The second-order valence-corrected chi connectivity index (χ2v) is 13.6. The normalized spacial score (nSPS) is 21.9. The maximum Gasteiger partial charge on any atom is 0.242 e. The minimum Gasteiger partial charge on any atom is -0.360 e. The number of rotatable bonds is 6. The molecule has 2 aromatic rings. The maximum atomic E-state index is 13.3. The van der Waals surface area contributed by atoms with Crippen molar-refractivity contribution in [2.24, 2.45) is 0 Å². The van der Waals surface area contributed by atoms with Crippen LogP contribution in [0.4, 0.5) is 5.82 Å². The molecule has 1 aliphatic rings. The summed E-state index contributed by atoms with van der Waals surface area (Å²) in [6.07, 6.45) is 0. The van der Waals surface area contributed by atoms with E-state index in [9.17, 15) is 21.6 Å². The summed E-state index contributed by atoms with van der Waals surface area (Å²) in [4.78, 5) is 12.5. The molecule has 0 spiro atoms. The number of aromatic nitrogens is 1.